The summed E-state index contributed by atoms with van der Waals surface area (Å²) in [6.07, 6.45) is 0.660. The molecule has 0 spiro atoms. The molecule has 6 heteroatoms. The van der Waals surface area contributed by atoms with Gasteiger partial charge in [-0.25, -0.2) is 4.79 Å². The van der Waals surface area contributed by atoms with Crippen molar-refractivity contribution in [2.45, 2.75) is 13.3 Å². The molecule has 1 saturated heterocycles. The van der Waals surface area contributed by atoms with E-state index in [1.165, 1.54) is 7.11 Å². The number of anilines is 2. The highest BCUT2D eigenvalue weighted by Gasteiger charge is 2.39. The van der Waals surface area contributed by atoms with E-state index >= 15 is 0 Å². The molecule has 1 unspecified atom stereocenters. The number of nitrogen functional groups attached to an aromatic ring is 1. The van der Waals surface area contributed by atoms with E-state index < -0.39 is 11.4 Å². The number of benzene rings is 1. The van der Waals surface area contributed by atoms with E-state index in [0.717, 1.165) is 5.69 Å². The number of hydrogen-bond acceptors (Lipinski definition) is 5. The van der Waals surface area contributed by atoms with Gasteiger partial charge in [0, 0.05) is 18.8 Å². The average Bonchev–Trinajstić information content (AvgIpc) is 2.81. The quantitative estimate of drug-likeness (QED) is 0.627. The molecule has 0 aliphatic carbocycles. The molecule has 1 aliphatic rings. The van der Waals surface area contributed by atoms with Gasteiger partial charge in [0.15, 0.2) is 0 Å². The number of hydrogen-bond donors (Lipinski definition) is 2. The largest absolute Gasteiger partial charge is 0.465 e. The first kappa shape index (κ1) is 14.2. The SMILES string of the molecule is COC(=O)c1cc(N)ccc1N1CCC(C)(C(N)=O)C1. The Labute approximate surface area is 117 Å². The summed E-state index contributed by atoms with van der Waals surface area (Å²) in [4.78, 5) is 25.3. The summed E-state index contributed by atoms with van der Waals surface area (Å²) in [5, 5.41) is 0. The summed E-state index contributed by atoms with van der Waals surface area (Å²) in [6.45, 7) is 2.98. The maximum atomic E-state index is 11.8. The van der Waals surface area contributed by atoms with Crippen LogP contribution < -0.4 is 16.4 Å². The van der Waals surface area contributed by atoms with Crippen molar-refractivity contribution >= 4 is 23.3 Å². The van der Waals surface area contributed by atoms with Crippen molar-refractivity contribution in [1.82, 2.24) is 0 Å². The number of esters is 1. The van der Waals surface area contributed by atoms with Crippen molar-refractivity contribution in [3.05, 3.63) is 23.8 Å². The molecule has 1 aromatic carbocycles. The van der Waals surface area contributed by atoms with Crippen molar-refractivity contribution in [2.24, 2.45) is 11.1 Å². The second kappa shape index (κ2) is 5.03. The molecule has 1 heterocycles. The van der Waals surface area contributed by atoms with Gasteiger partial charge in [-0.05, 0) is 31.5 Å². The summed E-state index contributed by atoms with van der Waals surface area (Å²) < 4.78 is 4.78. The van der Waals surface area contributed by atoms with Gasteiger partial charge in [-0.1, -0.05) is 0 Å². The zero-order chi connectivity index (χ0) is 14.9. The lowest BCUT2D eigenvalue weighted by atomic mass is 9.89. The van der Waals surface area contributed by atoms with E-state index in [1.807, 2.05) is 11.8 Å². The summed E-state index contributed by atoms with van der Waals surface area (Å²) in [5.74, 6) is -0.768. The fraction of sp³-hybridized carbons (Fsp3) is 0.429. The van der Waals surface area contributed by atoms with E-state index in [9.17, 15) is 9.59 Å². The van der Waals surface area contributed by atoms with Gasteiger partial charge < -0.3 is 21.1 Å². The van der Waals surface area contributed by atoms with Crippen LogP contribution in [-0.4, -0.2) is 32.1 Å². The van der Waals surface area contributed by atoms with Crippen LogP contribution in [0.3, 0.4) is 0 Å². The fourth-order valence-electron chi connectivity index (χ4n) is 2.47. The third-order valence-corrected chi connectivity index (χ3v) is 3.83. The van der Waals surface area contributed by atoms with Crippen molar-refractivity contribution in [2.75, 3.05) is 30.8 Å². The highest BCUT2D eigenvalue weighted by Crippen LogP contribution is 2.35. The minimum Gasteiger partial charge on any atom is -0.465 e. The molecule has 1 amide bonds. The van der Waals surface area contributed by atoms with E-state index in [0.29, 0.717) is 30.8 Å². The predicted octanol–water partition coefficient (Wildman–Crippen LogP) is 0.757. The molecule has 108 valence electrons. The van der Waals surface area contributed by atoms with Crippen molar-refractivity contribution in [3.8, 4) is 0 Å². The van der Waals surface area contributed by atoms with Crippen LogP contribution in [0.15, 0.2) is 18.2 Å². The number of primary amides is 1. The lowest BCUT2D eigenvalue weighted by molar-refractivity contribution is -0.125. The highest BCUT2D eigenvalue weighted by atomic mass is 16.5. The summed E-state index contributed by atoms with van der Waals surface area (Å²) in [7, 11) is 1.33. The fourth-order valence-corrected chi connectivity index (χ4v) is 2.47. The predicted molar refractivity (Wildman–Crippen MR) is 76.3 cm³/mol. The van der Waals surface area contributed by atoms with E-state index in [-0.39, 0.29) is 5.91 Å². The number of carbonyl (C=O) groups excluding carboxylic acids is 2. The smallest absolute Gasteiger partial charge is 0.340 e. The second-order valence-corrected chi connectivity index (χ2v) is 5.36. The van der Waals surface area contributed by atoms with E-state index in [4.69, 9.17) is 16.2 Å². The average molecular weight is 277 g/mol. The van der Waals surface area contributed by atoms with E-state index in [1.54, 1.807) is 18.2 Å². The first-order valence-corrected chi connectivity index (χ1v) is 6.40. The molecule has 0 radical (unpaired) electrons. The van der Waals surface area contributed by atoms with Crippen molar-refractivity contribution in [3.63, 3.8) is 0 Å². The Balaban J connectivity index is 2.35. The molecular weight excluding hydrogens is 258 g/mol. The second-order valence-electron chi connectivity index (χ2n) is 5.36. The number of nitrogens with two attached hydrogens (primary N) is 2. The minimum absolute atomic E-state index is 0.324. The van der Waals surface area contributed by atoms with Crippen LogP contribution in [0.2, 0.25) is 0 Å². The number of nitrogens with zero attached hydrogens (tertiary/aromatic N) is 1. The molecule has 1 aliphatic heterocycles. The molecule has 1 aromatic rings. The summed E-state index contributed by atoms with van der Waals surface area (Å²) in [5.41, 5.74) is 12.2. The highest BCUT2D eigenvalue weighted by molar-refractivity contribution is 5.97. The molecule has 2 rings (SSSR count). The topological polar surface area (TPSA) is 98.7 Å². The van der Waals surface area contributed by atoms with Crippen LogP contribution in [0.5, 0.6) is 0 Å². The standard InChI is InChI=1S/C14H19N3O3/c1-14(13(16)19)5-6-17(8-14)11-4-3-9(15)7-10(11)12(18)20-2/h3-4,7H,5-6,8,15H2,1-2H3,(H2,16,19). The molecule has 1 fully saturated rings. The van der Waals surface area contributed by atoms with Gasteiger partial charge in [0.05, 0.1) is 23.8 Å². The number of carbonyl (C=O) groups is 2. The lowest BCUT2D eigenvalue weighted by Gasteiger charge is -2.24. The Hall–Kier alpha value is -2.24. The van der Waals surface area contributed by atoms with Crippen LogP contribution in [0.1, 0.15) is 23.7 Å². The number of amides is 1. The van der Waals surface area contributed by atoms with Gasteiger partial charge in [0.1, 0.15) is 0 Å². The molecule has 0 aromatic heterocycles. The molecule has 4 N–H and O–H groups in total. The molecule has 6 nitrogen and oxygen atoms in total. The molecule has 0 bridgehead atoms. The Morgan fingerprint density at radius 1 is 1.40 bits per heavy atom. The van der Waals surface area contributed by atoms with Crippen molar-refractivity contribution < 1.29 is 14.3 Å². The summed E-state index contributed by atoms with van der Waals surface area (Å²) in [6, 6.07) is 5.08. The maximum absolute atomic E-state index is 11.8. The van der Waals surface area contributed by atoms with Gasteiger partial charge in [-0.2, -0.15) is 0 Å². The zero-order valence-electron chi connectivity index (χ0n) is 11.7. The Kier molecular flexibility index (Phi) is 3.57. The summed E-state index contributed by atoms with van der Waals surface area (Å²) >= 11 is 0. The van der Waals surface area contributed by atoms with Crippen LogP contribution in [0.25, 0.3) is 0 Å². The van der Waals surface area contributed by atoms with Gasteiger partial charge in [0.25, 0.3) is 0 Å². The Morgan fingerprint density at radius 3 is 2.65 bits per heavy atom. The first-order valence-electron chi connectivity index (χ1n) is 6.40. The maximum Gasteiger partial charge on any atom is 0.340 e. The number of ether oxygens (including phenoxy) is 1. The third-order valence-electron chi connectivity index (χ3n) is 3.83. The Morgan fingerprint density at radius 2 is 2.10 bits per heavy atom. The molecular formula is C14H19N3O3. The number of methoxy groups -OCH3 is 1. The Bertz CT molecular complexity index is 559. The normalized spacial score (nSPS) is 21.8. The van der Waals surface area contributed by atoms with E-state index in [2.05, 4.69) is 0 Å². The minimum atomic E-state index is -0.575. The zero-order valence-corrected chi connectivity index (χ0v) is 11.7. The first-order chi connectivity index (χ1) is 9.37. The number of rotatable bonds is 3. The van der Waals surface area contributed by atoms with Gasteiger partial charge in [-0.15, -0.1) is 0 Å². The van der Waals surface area contributed by atoms with Crippen LogP contribution in [-0.2, 0) is 9.53 Å². The molecule has 20 heavy (non-hydrogen) atoms. The lowest BCUT2D eigenvalue weighted by Crippen LogP contribution is -2.37. The van der Waals surface area contributed by atoms with Crippen LogP contribution >= 0.6 is 0 Å². The van der Waals surface area contributed by atoms with Gasteiger partial charge in [0.2, 0.25) is 5.91 Å². The van der Waals surface area contributed by atoms with Gasteiger partial charge in [-0.3, -0.25) is 4.79 Å². The van der Waals surface area contributed by atoms with Gasteiger partial charge >= 0.3 is 5.97 Å². The third kappa shape index (κ3) is 2.41. The molecule has 1 atom stereocenters. The monoisotopic (exact) mass is 277 g/mol. The van der Waals surface area contributed by atoms with Crippen LogP contribution in [0.4, 0.5) is 11.4 Å². The van der Waals surface area contributed by atoms with Crippen molar-refractivity contribution in [1.29, 1.82) is 0 Å². The molecule has 0 saturated carbocycles. The van der Waals surface area contributed by atoms with Crippen LogP contribution in [0, 0.1) is 5.41 Å².